The van der Waals surface area contributed by atoms with E-state index in [1.54, 1.807) is 32.0 Å². The van der Waals surface area contributed by atoms with Crippen LogP contribution >= 0.6 is 0 Å². The summed E-state index contributed by atoms with van der Waals surface area (Å²) in [4.78, 5) is 23.6. The van der Waals surface area contributed by atoms with Crippen LogP contribution in [0.25, 0.3) is 5.69 Å². The molecule has 0 bridgehead atoms. The molecule has 0 fully saturated rings. The summed E-state index contributed by atoms with van der Waals surface area (Å²) in [5.74, 6) is -1.41. The van der Waals surface area contributed by atoms with Crippen LogP contribution in [0.4, 0.5) is 13.2 Å². The minimum atomic E-state index is -4.51. The van der Waals surface area contributed by atoms with Crippen molar-refractivity contribution in [3.63, 3.8) is 0 Å². The van der Waals surface area contributed by atoms with E-state index in [1.165, 1.54) is 35.2 Å². The summed E-state index contributed by atoms with van der Waals surface area (Å²) >= 11 is 0. The quantitative estimate of drug-likeness (QED) is 0.368. The summed E-state index contributed by atoms with van der Waals surface area (Å²) in [5, 5.41) is 6.11. The van der Waals surface area contributed by atoms with Gasteiger partial charge in [-0.25, -0.2) is 5.43 Å². The third-order valence-electron chi connectivity index (χ3n) is 4.50. The first-order valence-electron chi connectivity index (χ1n) is 9.17. The summed E-state index contributed by atoms with van der Waals surface area (Å²) in [6.45, 7) is 3.35. The van der Waals surface area contributed by atoms with Crippen LogP contribution in [0.5, 0.6) is 0 Å². The molecular formula is C21H19F3N4O3. The Morgan fingerprint density at radius 2 is 1.87 bits per heavy atom. The van der Waals surface area contributed by atoms with E-state index >= 15 is 0 Å². The van der Waals surface area contributed by atoms with E-state index in [0.29, 0.717) is 22.7 Å². The number of amides is 2. The highest BCUT2D eigenvalue weighted by atomic mass is 19.4. The van der Waals surface area contributed by atoms with Gasteiger partial charge in [-0.05, 0) is 44.2 Å². The van der Waals surface area contributed by atoms with Gasteiger partial charge in [-0.3, -0.25) is 9.59 Å². The molecule has 0 spiro atoms. The molecular weight excluding hydrogens is 413 g/mol. The second-order valence-electron chi connectivity index (χ2n) is 6.64. The van der Waals surface area contributed by atoms with Gasteiger partial charge in [0.25, 0.3) is 0 Å². The number of carbonyl (C=O) groups excluding carboxylic acids is 2. The maximum Gasteiger partial charge on any atom is 0.418 e. The smallest absolute Gasteiger partial charge is 0.418 e. The molecule has 0 atom stereocenters. The van der Waals surface area contributed by atoms with Gasteiger partial charge >= 0.3 is 18.0 Å². The fraction of sp³-hybridized carbons (Fsp3) is 0.190. The van der Waals surface area contributed by atoms with Gasteiger partial charge in [0.15, 0.2) is 0 Å². The number of hydrazone groups is 1. The van der Waals surface area contributed by atoms with Crippen LogP contribution < -0.4 is 10.7 Å². The molecule has 0 unspecified atom stereocenters. The highest BCUT2D eigenvalue weighted by molar-refractivity contribution is 6.35. The average Bonchev–Trinajstić information content (AvgIpc) is 3.33. The Morgan fingerprint density at radius 3 is 2.55 bits per heavy atom. The number of nitrogens with zero attached hydrogens (tertiary/aromatic N) is 2. The lowest BCUT2D eigenvalue weighted by atomic mass is 10.1. The zero-order valence-corrected chi connectivity index (χ0v) is 16.7. The standard InChI is InChI=1S/C21H19F3N4O3/c1-13-10-15(11-26-27-20(30)19(29)25-12-16-6-5-9-31-16)14(2)28(13)18-8-4-3-7-17(18)21(22,23)24/h3-11H,12H2,1-2H3,(H,25,29)(H,27,30)/b26-11-. The summed E-state index contributed by atoms with van der Waals surface area (Å²) in [5.41, 5.74) is 2.86. The number of hydrogen-bond acceptors (Lipinski definition) is 4. The Hall–Kier alpha value is -3.82. The molecule has 10 heteroatoms. The Morgan fingerprint density at radius 1 is 1.13 bits per heavy atom. The van der Waals surface area contributed by atoms with Gasteiger partial charge in [0, 0.05) is 17.0 Å². The predicted octanol–water partition coefficient (Wildman–Crippen LogP) is 3.47. The second-order valence-corrected chi connectivity index (χ2v) is 6.64. The molecule has 0 saturated heterocycles. The molecule has 31 heavy (non-hydrogen) atoms. The molecule has 2 N–H and O–H groups in total. The van der Waals surface area contributed by atoms with Gasteiger partial charge in [-0.2, -0.15) is 18.3 Å². The third kappa shape index (κ3) is 5.03. The molecule has 3 aromatic rings. The van der Waals surface area contributed by atoms with Crippen molar-refractivity contribution in [3.8, 4) is 5.69 Å². The number of carbonyl (C=O) groups is 2. The zero-order chi connectivity index (χ0) is 22.6. The minimum absolute atomic E-state index is 0.00834. The van der Waals surface area contributed by atoms with Crippen LogP contribution in [0.2, 0.25) is 0 Å². The number of halogens is 3. The van der Waals surface area contributed by atoms with Gasteiger partial charge in [-0.15, -0.1) is 0 Å². The van der Waals surface area contributed by atoms with Gasteiger partial charge in [0.05, 0.1) is 30.3 Å². The lowest BCUT2D eigenvalue weighted by Crippen LogP contribution is -2.37. The van der Waals surface area contributed by atoms with Crippen LogP contribution in [0.3, 0.4) is 0 Å². The van der Waals surface area contributed by atoms with Crippen molar-refractivity contribution in [2.24, 2.45) is 5.10 Å². The number of aryl methyl sites for hydroxylation is 1. The molecule has 2 heterocycles. The van der Waals surface area contributed by atoms with Crippen LogP contribution in [-0.4, -0.2) is 22.6 Å². The molecule has 7 nitrogen and oxygen atoms in total. The monoisotopic (exact) mass is 432 g/mol. The van der Waals surface area contributed by atoms with Gasteiger partial charge < -0.3 is 14.3 Å². The van der Waals surface area contributed by atoms with Gasteiger partial charge in [0.1, 0.15) is 5.76 Å². The first-order chi connectivity index (χ1) is 14.7. The molecule has 0 aliphatic heterocycles. The van der Waals surface area contributed by atoms with Crippen LogP contribution in [0.15, 0.2) is 58.2 Å². The maximum absolute atomic E-state index is 13.4. The fourth-order valence-corrected chi connectivity index (χ4v) is 3.07. The van der Waals surface area contributed by atoms with Crippen molar-refractivity contribution < 1.29 is 27.2 Å². The molecule has 2 amide bonds. The number of hydrogen-bond donors (Lipinski definition) is 2. The number of rotatable bonds is 5. The SMILES string of the molecule is Cc1cc(/C=N\NC(=O)C(=O)NCc2ccco2)c(C)n1-c1ccccc1C(F)(F)F. The normalized spacial score (nSPS) is 11.6. The lowest BCUT2D eigenvalue weighted by Gasteiger charge is -2.16. The van der Waals surface area contributed by atoms with E-state index in [-0.39, 0.29) is 12.2 Å². The largest absolute Gasteiger partial charge is 0.467 e. The highest BCUT2D eigenvalue weighted by Gasteiger charge is 2.34. The fourth-order valence-electron chi connectivity index (χ4n) is 3.07. The van der Waals surface area contributed by atoms with Crippen LogP contribution in [0.1, 0.15) is 28.3 Å². The molecule has 2 aromatic heterocycles. The number of para-hydroxylation sites is 1. The number of furan rings is 1. The number of aromatic nitrogens is 1. The minimum Gasteiger partial charge on any atom is -0.467 e. The van der Waals surface area contributed by atoms with Crippen molar-refractivity contribution in [3.05, 3.63) is 77.0 Å². The summed E-state index contributed by atoms with van der Waals surface area (Å²) in [6.07, 6.45) is -1.80. The van der Waals surface area contributed by atoms with Gasteiger partial charge in [0.2, 0.25) is 0 Å². The maximum atomic E-state index is 13.4. The summed E-state index contributed by atoms with van der Waals surface area (Å²) in [7, 11) is 0. The zero-order valence-electron chi connectivity index (χ0n) is 16.7. The van der Waals surface area contributed by atoms with E-state index in [0.717, 1.165) is 6.07 Å². The van der Waals surface area contributed by atoms with E-state index in [9.17, 15) is 22.8 Å². The van der Waals surface area contributed by atoms with Crippen molar-refractivity contribution in [2.45, 2.75) is 26.6 Å². The van der Waals surface area contributed by atoms with Crippen molar-refractivity contribution in [2.75, 3.05) is 0 Å². The molecule has 0 radical (unpaired) electrons. The number of nitrogens with one attached hydrogen (secondary N) is 2. The Kier molecular flexibility index (Phi) is 6.28. The summed E-state index contributed by atoms with van der Waals surface area (Å²) in [6, 6.07) is 10.2. The van der Waals surface area contributed by atoms with Gasteiger partial charge in [-0.1, -0.05) is 12.1 Å². The van der Waals surface area contributed by atoms with E-state index < -0.39 is 23.6 Å². The van der Waals surface area contributed by atoms with Crippen LogP contribution in [0, 0.1) is 13.8 Å². The molecule has 0 saturated carbocycles. The summed E-state index contributed by atoms with van der Waals surface area (Å²) < 4.78 is 46.7. The molecule has 1 aromatic carbocycles. The Balaban J connectivity index is 1.72. The topological polar surface area (TPSA) is 88.6 Å². The number of benzene rings is 1. The van der Waals surface area contributed by atoms with E-state index in [1.807, 2.05) is 0 Å². The molecule has 3 rings (SSSR count). The molecule has 0 aliphatic carbocycles. The molecule has 162 valence electrons. The molecule has 0 aliphatic rings. The average molecular weight is 432 g/mol. The predicted molar refractivity (Wildman–Crippen MR) is 107 cm³/mol. The second kappa shape index (κ2) is 8.90. The lowest BCUT2D eigenvalue weighted by molar-refractivity contribution is -0.139. The van der Waals surface area contributed by atoms with E-state index in [4.69, 9.17) is 4.42 Å². The third-order valence-corrected chi connectivity index (χ3v) is 4.50. The number of alkyl halides is 3. The van der Waals surface area contributed by atoms with E-state index in [2.05, 4.69) is 15.8 Å². The van der Waals surface area contributed by atoms with Crippen molar-refractivity contribution in [1.82, 2.24) is 15.3 Å². The van der Waals surface area contributed by atoms with Crippen molar-refractivity contribution in [1.29, 1.82) is 0 Å². The first-order valence-corrected chi connectivity index (χ1v) is 9.17. The Labute approximate surface area is 175 Å². The first kappa shape index (κ1) is 21.9. The Bertz CT molecular complexity index is 1120. The van der Waals surface area contributed by atoms with Crippen LogP contribution in [-0.2, 0) is 22.3 Å². The highest BCUT2D eigenvalue weighted by Crippen LogP contribution is 2.35. The van der Waals surface area contributed by atoms with Crippen molar-refractivity contribution >= 4 is 18.0 Å².